The molecule has 118 valence electrons. The summed E-state index contributed by atoms with van der Waals surface area (Å²) in [5.74, 6) is 1.19. The topological polar surface area (TPSA) is 52.2 Å². The van der Waals surface area contributed by atoms with Gasteiger partial charge in [-0.2, -0.15) is 0 Å². The van der Waals surface area contributed by atoms with E-state index < -0.39 is 0 Å². The van der Waals surface area contributed by atoms with Crippen molar-refractivity contribution >= 4 is 16.8 Å². The number of imidazole rings is 1. The van der Waals surface area contributed by atoms with Crippen LogP contribution < -0.4 is 0 Å². The summed E-state index contributed by atoms with van der Waals surface area (Å²) in [6.07, 6.45) is 2.01. The lowest BCUT2D eigenvalue weighted by Gasteiger charge is -2.31. The van der Waals surface area contributed by atoms with Gasteiger partial charge in [0.15, 0.2) is 5.78 Å². The molecule has 0 unspecified atom stereocenters. The van der Waals surface area contributed by atoms with Crippen LogP contribution in [0.2, 0.25) is 0 Å². The lowest BCUT2D eigenvalue weighted by molar-refractivity contribution is 0.0876. The van der Waals surface area contributed by atoms with E-state index in [4.69, 9.17) is 0 Å². The molecule has 0 aliphatic carbocycles. The Labute approximate surface area is 131 Å². The number of benzene rings is 1. The van der Waals surface area contributed by atoms with Crippen LogP contribution in [0.15, 0.2) is 18.2 Å². The number of likely N-dealkylation sites (N-methyl/N-ethyl adjacent to an activating group) is 1. The Kier molecular flexibility index (Phi) is 4.55. The van der Waals surface area contributed by atoms with E-state index in [-0.39, 0.29) is 5.78 Å². The molecule has 1 N–H and O–H groups in total. The highest BCUT2D eigenvalue weighted by atomic mass is 16.1. The molecule has 0 atom stereocenters. The fraction of sp³-hybridized carbons (Fsp3) is 0.529. The quantitative estimate of drug-likeness (QED) is 0.858. The Hall–Kier alpha value is -1.72. The van der Waals surface area contributed by atoms with E-state index in [2.05, 4.69) is 33.7 Å². The number of aromatic amines is 1. The van der Waals surface area contributed by atoms with Crippen LogP contribution in [0, 0.1) is 0 Å². The summed E-state index contributed by atoms with van der Waals surface area (Å²) in [4.78, 5) is 24.9. The van der Waals surface area contributed by atoms with E-state index >= 15 is 0 Å². The van der Waals surface area contributed by atoms with Crippen molar-refractivity contribution < 1.29 is 4.79 Å². The molecule has 1 aromatic carbocycles. The van der Waals surface area contributed by atoms with Crippen LogP contribution in [-0.2, 0) is 6.42 Å². The number of carbonyl (C=O) groups excluding carboxylic acids is 1. The molecule has 1 aromatic heterocycles. The first-order valence-corrected chi connectivity index (χ1v) is 8.08. The van der Waals surface area contributed by atoms with Crippen LogP contribution in [0.3, 0.4) is 0 Å². The third-order valence-corrected chi connectivity index (χ3v) is 4.30. The molecule has 0 saturated carbocycles. The number of hydrogen-bond donors (Lipinski definition) is 1. The molecule has 1 fully saturated rings. The van der Waals surface area contributed by atoms with E-state index in [0.29, 0.717) is 6.54 Å². The van der Waals surface area contributed by atoms with Crippen LogP contribution >= 0.6 is 0 Å². The van der Waals surface area contributed by atoms with Crippen LogP contribution in [-0.4, -0.2) is 65.3 Å². The minimum atomic E-state index is 0.193. The molecule has 1 aliphatic heterocycles. The zero-order valence-electron chi connectivity index (χ0n) is 13.4. The lowest BCUT2D eigenvalue weighted by atomic mass is 10.1. The Balaban J connectivity index is 1.70. The number of nitrogens with one attached hydrogen (secondary N) is 1. The second-order valence-electron chi connectivity index (χ2n) is 6.17. The van der Waals surface area contributed by atoms with Gasteiger partial charge in [-0.05, 0) is 31.7 Å². The van der Waals surface area contributed by atoms with Crippen molar-refractivity contribution in [3.05, 3.63) is 29.6 Å². The summed E-state index contributed by atoms with van der Waals surface area (Å²) < 4.78 is 0. The summed E-state index contributed by atoms with van der Waals surface area (Å²) in [5.41, 5.74) is 2.69. The number of aryl methyl sites for hydroxylation is 1. The van der Waals surface area contributed by atoms with Crippen LogP contribution in [0.25, 0.3) is 11.0 Å². The van der Waals surface area contributed by atoms with Gasteiger partial charge >= 0.3 is 0 Å². The Morgan fingerprint density at radius 1 is 1.27 bits per heavy atom. The molecule has 0 amide bonds. The number of nitrogens with zero attached hydrogens (tertiary/aromatic N) is 3. The van der Waals surface area contributed by atoms with E-state index in [1.807, 2.05) is 18.2 Å². The molecular formula is C17H24N4O. The predicted molar refractivity (Wildman–Crippen MR) is 88.4 cm³/mol. The number of rotatable bonds is 5. The first kappa shape index (κ1) is 15.2. The molecule has 1 aliphatic rings. The third kappa shape index (κ3) is 3.36. The smallest absolute Gasteiger partial charge is 0.176 e. The highest BCUT2D eigenvalue weighted by Crippen LogP contribution is 2.15. The van der Waals surface area contributed by atoms with Crippen LogP contribution in [0.5, 0.6) is 0 Å². The number of piperazine rings is 1. The van der Waals surface area contributed by atoms with Crippen molar-refractivity contribution in [3.63, 3.8) is 0 Å². The fourth-order valence-corrected chi connectivity index (χ4v) is 2.89. The van der Waals surface area contributed by atoms with E-state index in [0.717, 1.165) is 61.4 Å². The fourth-order valence-electron chi connectivity index (χ4n) is 2.89. The summed E-state index contributed by atoms with van der Waals surface area (Å²) >= 11 is 0. The average molecular weight is 300 g/mol. The summed E-state index contributed by atoms with van der Waals surface area (Å²) in [7, 11) is 2.12. The number of carbonyl (C=O) groups is 1. The van der Waals surface area contributed by atoms with Crippen LogP contribution in [0.4, 0.5) is 0 Å². The van der Waals surface area contributed by atoms with E-state index in [9.17, 15) is 4.79 Å². The first-order valence-electron chi connectivity index (χ1n) is 8.08. The van der Waals surface area contributed by atoms with E-state index in [1.165, 1.54) is 0 Å². The van der Waals surface area contributed by atoms with Gasteiger partial charge in [0.25, 0.3) is 0 Å². The number of H-pyrrole nitrogens is 1. The maximum absolute atomic E-state index is 12.5. The number of Topliss-reactive ketones (excluding diaryl/α,β-unsaturated/α-hetero) is 1. The molecule has 0 radical (unpaired) electrons. The van der Waals surface area contributed by atoms with Gasteiger partial charge in [-0.1, -0.05) is 6.92 Å². The second kappa shape index (κ2) is 6.58. The van der Waals surface area contributed by atoms with Gasteiger partial charge in [-0.3, -0.25) is 9.69 Å². The summed E-state index contributed by atoms with van der Waals surface area (Å²) in [6, 6.07) is 5.79. The molecule has 22 heavy (non-hydrogen) atoms. The molecule has 0 spiro atoms. The first-order chi connectivity index (χ1) is 10.7. The number of hydrogen-bond acceptors (Lipinski definition) is 4. The molecule has 3 rings (SSSR count). The minimum absolute atomic E-state index is 0.193. The SMILES string of the molecule is CCCc1nc2ccc(C(=O)CN3CCN(C)CC3)cc2[nH]1. The largest absolute Gasteiger partial charge is 0.342 e. The Morgan fingerprint density at radius 2 is 2.05 bits per heavy atom. The molecule has 1 saturated heterocycles. The van der Waals surface area contributed by atoms with Gasteiger partial charge in [0, 0.05) is 38.2 Å². The van der Waals surface area contributed by atoms with Gasteiger partial charge in [0.1, 0.15) is 5.82 Å². The molecule has 2 aromatic rings. The summed E-state index contributed by atoms with van der Waals surface area (Å²) in [6.45, 7) is 6.65. The van der Waals surface area contributed by atoms with Crippen molar-refractivity contribution in [1.29, 1.82) is 0 Å². The maximum atomic E-state index is 12.5. The highest BCUT2D eigenvalue weighted by Gasteiger charge is 2.17. The second-order valence-corrected chi connectivity index (χ2v) is 6.17. The van der Waals surface area contributed by atoms with Crippen molar-refractivity contribution in [2.24, 2.45) is 0 Å². The minimum Gasteiger partial charge on any atom is -0.342 e. The zero-order chi connectivity index (χ0) is 15.5. The third-order valence-electron chi connectivity index (χ3n) is 4.30. The zero-order valence-corrected chi connectivity index (χ0v) is 13.4. The number of ketones is 1. The molecule has 2 heterocycles. The number of fused-ring (bicyclic) bond motifs is 1. The van der Waals surface area contributed by atoms with Crippen molar-refractivity contribution in [2.45, 2.75) is 19.8 Å². The lowest BCUT2D eigenvalue weighted by Crippen LogP contribution is -2.46. The van der Waals surface area contributed by atoms with Gasteiger partial charge in [-0.25, -0.2) is 4.98 Å². The highest BCUT2D eigenvalue weighted by molar-refractivity contribution is 6.00. The van der Waals surface area contributed by atoms with Gasteiger partial charge in [-0.15, -0.1) is 0 Å². The van der Waals surface area contributed by atoms with Crippen LogP contribution in [0.1, 0.15) is 29.5 Å². The Bertz CT molecular complexity index is 656. The monoisotopic (exact) mass is 300 g/mol. The number of aromatic nitrogens is 2. The molecule has 5 nitrogen and oxygen atoms in total. The van der Waals surface area contributed by atoms with Gasteiger partial charge < -0.3 is 9.88 Å². The molecule has 5 heteroatoms. The van der Waals surface area contributed by atoms with Crippen molar-refractivity contribution in [2.75, 3.05) is 39.8 Å². The normalized spacial score (nSPS) is 17.2. The summed E-state index contributed by atoms with van der Waals surface area (Å²) in [5, 5.41) is 0. The standard InChI is InChI=1S/C17H24N4O/c1-3-4-17-18-14-6-5-13(11-15(14)19-17)16(22)12-21-9-7-20(2)8-10-21/h5-6,11H,3-4,7-10,12H2,1-2H3,(H,18,19). The van der Waals surface area contributed by atoms with Gasteiger partial charge in [0.05, 0.1) is 17.6 Å². The van der Waals surface area contributed by atoms with Crippen molar-refractivity contribution in [1.82, 2.24) is 19.8 Å². The predicted octanol–water partition coefficient (Wildman–Crippen LogP) is 1.95. The molecule has 0 bridgehead atoms. The Morgan fingerprint density at radius 3 is 2.77 bits per heavy atom. The van der Waals surface area contributed by atoms with E-state index in [1.54, 1.807) is 0 Å². The molecular weight excluding hydrogens is 276 g/mol. The maximum Gasteiger partial charge on any atom is 0.176 e. The average Bonchev–Trinajstić information content (AvgIpc) is 2.91. The van der Waals surface area contributed by atoms with Gasteiger partial charge in [0.2, 0.25) is 0 Å². The van der Waals surface area contributed by atoms with Crippen molar-refractivity contribution in [3.8, 4) is 0 Å².